The van der Waals surface area contributed by atoms with E-state index in [4.69, 9.17) is 10.00 Å². The van der Waals surface area contributed by atoms with Crippen LogP contribution in [0.25, 0.3) is 11.3 Å². The number of aryl methyl sites for hydroxylation is 2. The Balaban J connectivity index is 1.61. The summed E-state index contributed by atoms with van der Waals surface area (Å²) in [5.41, 5.74) is 5.13. The second kappa shape index (κ2) is 8.12. The van der Waals surface area contributed by atoms with Crippen LogP contribution in [0.15, 0.2) is 66.9 Å². The summed E-state index contributed by atoms with van der Waals surface area (Å²) in [5.74, 6) is 0.922. The van der Waals surface area contributed by atoms with Crippen LogP contribution in [0.4, 0.5) is 0 Å². The summed E-state index contributed by atoms with van der Waals surface area (Å²) in [7, 11) is 0. The van der Waals surface area contributed by atoms with Gasteiger partial charge in [0.1, 0.15) is 11.8 Å². The van der Waals surface area contributed by atoms with E-state index in [1.807, 2.05) is 25.1 Å². The molecule has 0 aliphatic rings. The zero-order chi connectivity index (χ0) is 17.5. The van der Waals surface area contributed by atoms with E-state index >= 15 is 0 Å². The van der Waals surface area contributed by atoms with Gasteiger partial charge in [-0.1, -0.05) is 36.4 Å². The highest BCUT2D eigenvalue weighted by Crippen LogP contribution is 2.19. The molecule has 1 heterocycles. The largest absolute Gasteiger partial charge is 0.494 e. The molecular formula is C22H20N2O. The Morgan fingerprint density at radius 1 is 0.880 bits per heavy atom. The minimum atomic E-state index is 0.579. The van der Waals surface area contributed by atoms with Gasteiger partial charge in [0.25, 0.3) is 0 Å². The van der Waals surface area contributed by atoms with Crippen molar-refractivity contribution in [2.45, 2.75) is 19.8 Å². The minimum Gasteiger partial charge on any atom is -0.494 e. The fourth-order valence-corrected chi connectivity index (χ4v) is 2.68. The zero-order valence-electron chi connectivity index (χ0n) is 14.3. The van der Waals surface area contributed by atoms with Crippen molar-refractivity contribution < 1.29 is 4.74 Å². The van der Waals surface area contributed by atoms with Gasteiger partial charge in [-0.3, -0.25) is 4.98 Å². The number of pyridine rings is 1. The smallest absolute Gasteiger partial charge is 0.119 e. The predicted molar refractivity (Wildman–Crippen MR) is 99.4 cm³/mol. The molecule has 1 aromatic heterocycles. The quantitative estimate of drug-likeness (QED) is 0.652. The highest BCUT2D eigenvalue weighted by atomic mass is 16.5. The Morgan fingerprint density at radius 3 is 2.04 bits per heavy atom. The third kappa shape index (κ3) is 4.45. The summed E-state index contributed by atoms with van der Waals surface area (Å²) in [5, 5.41) is 8.83. The van der Waals surface area contributed by atoms with Gasteiger partial charge < -0.3 is 4.74 Å². The number of aromatic nitrogens is 1. The number of hydrogen-bond donors (Lipinski definition) is 0. The number of nitrogens with zero attached hydrogens (tertiary/aromatic N) is 2. The fourth-order valence-electron chi connectivity index (χ4n) is 2.68. The average Bonchev–Trinajstić information content (AvgIpc) is 2.68. The van der Waals surface area contributed by atoms with Crippen molar-refractivity contribution in [3.63, 3.8) is 0 Å². The van der Waals surface area contributed by atoms with E-state index in [1.165, 1.54) is 11.1 Å². The van der Waals surface area contributed by atoms with Crippen molar-refractivity contribution in [1.82, 2.24) is 4.98 Å². The second-order valence-corrected chi connectivity index (χ2v) is 5.82. The molecule has 0 spiro atoms. The fraction of sp³-hybridized carbons (Fsp3) is 0.182. The number of hydrogen-bond acceptors (Lipinski definition) is 3. The van der Waals surface area contributed by atoms with Gasteiger partial charge >= 0.3 is 0 Å². The molecule has 25 heavy (non-hydrogen) atoms. The standard InChI is InChI=1S/C22H20N2O/c1-2-25-21-12-7-18(8-13-21)4-3-17-5-10-20(11-6-17)22-14-9-19(15-23)16-24-22/h5-14,16H,2-4H2,1H3. The molecule has 2 aromatic carbocycles. The molecule has 0 radical (unpaired) electrons. The molecule has 3 aromatic rings. The maximum atomic E-state index is 8.83. The lowest BCUT2D eigenvalue weighted by Gasteiger charge is -2.06. The van der Waals surface area contributed by atoms with E-state index < -0.39 is 0 Å². The summed E-state index contributed by atoms with van der Waals surface area (Å²) in [6, 6.07) is 22.5. The first-order chi connectivity index (χ1) is 12.3. The van der Waals surface area contributed by atoms with Crippen molar-refractivity contribution in [2.75, 3.05) is 6.61 Å². The Labute approximate surface area is 148 Å². The monoisotopic (exact) mass is 328 g/mol. The van der Waals surface area contributed by atoms with Crippen molar-refractivity contribution >= 4 is 0 Å². The molecule has 0 unspecified atom stereocenters. The Hall–Kier alpha value is -3.12. The normalized spacial score (nSPS) is 10.2. The minimum absolute atomic E-state index is 0.579. The Kier molecular flexibility index (Phi) is 5.43. The van der Waals surface area contributed by atoms with Gasteiger partial charge in [0.15, 0.2) is 0 Å². The van der Waals surface area contributed by atoms with Crippen LogP contribution in [0.3, 0.4) is 0 Å². The highest BCUT2D eigenvalue weighted by Gasteiger charge is 2.01. The molecule has 3 heteroatoms. The van der Waals surface area contributed by atoms with Gasteiger partial charge in [-0.05, 0) is 55.2 Å². The number of ether oxygens (including phenoxy) is 1. The van der Waals surface area contributed by atoms with Gasteiger partial charge in [-0.15, -0.1) is 0 Å². The summed E-state index contributed by atoms with van der Waals surface area (Å²) in [6.45, 7) is 2.69. The average molecular weight is 328 g/mol. The topological polar surface area (TPSA) is 45.9 Å². The third-order valence-electron chi connectivity index (χ3n) is 4.08. The molecule has 0 saturated heterocycles. The van der Waals surface area contributed by atoms with Crippen LogP contribution in [0.1, 0.15) is 23.6 Å². The molecule has 124 valence electrons. The number of rotatable bonds is 6. The molecule has 0 fully saturated rings. The van der Waals surface area contributed by atoms with Crippen LogP contribution in [-0.2, 0) is 12.8 Å². The molecule has 0 aliphatic heterocycles. The lowest BCUT2D eigenvalue weighted by Crippen LogP contribution is -1.94. The van der Waals surface area contributed by atoms with Crippen LogP contribution in [-0.4, -0.2) is 11.6 Å². The molecule has 0 amide bonds. The molecule has 3 rings (SSSR count). The van der Waals surface area contributed by atoms with E-state index in [-0.39, 0.29) is 0 Å². The van der Waals surface area contributed by atoms with Crippen LogP contribution in [0.5, 0.6) is 5.75 Å². The summed E-state index contributed by atoms with van der Waals surface area (Å²) in [4.78, 5) is 4.33. The second-order valence-electron chi connectivity index (χ2n) is 5.82. The van der Waals surface area contributed by atoms with Gasteiger partial charge in [-0.25, -0.2) is 0 Å². The predicted octanol–water partition coefficient (Wildman–Crippen LogP) is 4.80. The van der Waals surface area contributed by atoms with Crippen molar-refractivity contribution in [3.05, 3.63) is 83.6 Å². The lowest BCUT2D eigenvalue weighted by molar-refractivity contribution is 0.340. The molecule has 0 saturated carbocycles. The number of benzene rings is 2. The summed E-state index contributed by atoms with van der Waals surface area (Å²) < 4.78 is 5.47. The van der Waals surface area contributed by atoms with Gasteiger partial charge in [0.2, 0.25) is 0 Å². The third-order valence-corrected chi connectivity index (χ3v) is 4.08. The van der Waals surface area contributed by atoms with E-state index in [9.17, 15) is 0 Å². The molecule has 0 atom stereocenters. The first kappa shape index (κ1) is 16.7. The van der Waals surface area contributed by atoms with E-state index in [0.29, 0.717) is 12.2 Å². The van der Waals surface area contributed by atoms with E-state index in [1.54, 1.807) is 12.3 Å². The van der Waals surface area contributed by atoms with Crippen molar-refractivity contribution in [3.8, 4) is 23.1 Å². The van der Waals surface area contributed by atoms with Gasteiger partial charge in [0.05, 0.1) is 17.9 Å². The van der Waals surface area contributed by atoms with E-state index in [2.05, 4.69) is 47.5 Å². The highest BCUT2D eigenvalue weighted by molar-refractivity contribution is 5.59. The van der Waals surface area contributed by atoms with Crippen LogP contribution < -0.4 is 4.74 Å². The van der Waals surface area contributed by atoms with Crippen molar-refractivity contribution in [1.29, 1.82) is 5.26 Å². The first-order valence-electron chi connectivity index (χ1n) is 8.45. The molecule has 0 aliphatic carbocycles. The molecule has 3 nitrogen and oxygen atoms in total. The Morgan fingerprint density at radius 2 is 1.52 bits per heavy atom. The van der Waals surface area contributed by atoms with E-state index in [0.717, 1.165) is 29.8 Å². The summed E-state index contributed by atoms with van der Waals surface area (Å²) >= 11 is 0. The lowest BCUT2D eigenvalue weighted by atomic mass is 10.0. The maximum Gasteiger partial charge on any atom is 0.119 e. The zero-order valence-corrected chi connectivity index (χ0v) is 14.3. The summed E-state index contributed by atoms with van der Waals surface area (Å²) in [6.07, 6.45) is 3.60. The van der Waals surface area contributed by atoms with Gasteiger partial charge in [0, 0.05) is 11.8 Å². The molecular weight excluding hydrogens is 308 g/mol. The molecule has 0 bridgehead atoms. The first-order valence-corrected chi connectivity index (χ1v) is 8.45. The molecule has 0 N–H and O–H groups in total. The SMILES string of the molecule is CCOc1ccc(CCc2ccc(-c3ccc(C#N)cn3)cc2)cc1. The van der Waals surface area contributed by atoms with Gasteiger partial charge in [-0.2, -0.15) is 5.26 Å². The van der Waals surface area contributed by atoms with Crippen molar-refractivity contribution in [2.24, 2.45) is 0 Å². The maximum absolute atomic E-state index is 8.83. The van der Waals surface area contributed by atoms with Crippen LogP contribution >= 0.6 is 0 Å². The number of nitriles is 1. The van der Waals surface area contributed by atoms with Crippen LogP contribution in [0, 0.1) is 11.3 Å². The van der Waals surface area contributed by atoms with Crippen LogP contribution in [0.2, 0.25) is 0 Å². The Bertz CT molecular complexity index is 845.